The van der Waals surface area contributed by atoms with Gasteiger partial charge in [0.15, 0.2) is 0 Å². The maximum atomic E-state index is 6.15. The first-order valence-corrected chi connectivity index (χ1v) is 6.86. The van der Waals surface area contributed by atoms with Gasteiger partial charge in [0.1, 0.15) is 0 Å². The predicted molar refractivity (Wildman–Crippen MR) is 70.4 cm³/mol. The number of nitrogens with two attached hydrogens (primary N) is 1. The minimum absolute atomic E-state index is 0.559. The number of unbranched alkanes of at least 4 members (excludes halogenated alkanes) is 1. The van der Waals surface area contributed by atoms with Crippen molar-refractivity contribution in [2.24, 2.45) is 5.73 Å². The fraction of sp³-hybridized carbons (Fsp3) is 0.500. The van der Waals surface area contributed by atoms with Crippen LogP contribution in [0.5, 0.6) is 0 Å². The van der Waals surface area contributed by atoms with Crippen LogP contribution in [0.4, 0.5) is 0 Å². The lowest BCUT2D eigenvalue weighted by molar-refractivity contribution is 0.896. The Morgan fingerprint density at radius 3 is 2.80 bits per heavy atom. The van der Waals surface area contributed by atoms with Gasteiger partial charge in [-0.25, -0.2) is 0 Å². The summed E-state index contributed by atoms with van der Waals surface area (Å²) in [6.07, 6.45) is 2.54. The van der Waals surface area contributed by atoms with E-state index in [1.165, 1.54) is 24.2 Å². The van der Waals surface area contributed by atoms with Crippen LogP contribution in [0.2, 0.25) is 5.02 Å². The molecule has 0 saturated heterocycles. The number of benzene rings is 1. The molecule has 0 spiro atoms. The second kappa shape index (κ2) is 7.15. The van der Waals surface area contributed by atoms with Gasteiger partial charge in [0, 0.05) is 17.3 Å². The first-order valence-electron chi connectivity index (χ1n) is 5.33. The second-order valence-corrected chi connectivity index (χ2v) is 5.05. The zero-order valence-corrected chi connectivity index (χ0v) is 10.7. The molecule has 2 N–H and O–H groups in total. The molecule has 0 heterocycles. The Morgan fingerprint density at radius 1 is 1.40 bits per heavy atom. The molecule has 0 unspecified atom stereocenters. The van der Waals surface area contributed by atoms with Gasteiger partial charge >= 0.3 is 0 Å². The van der Waals surface area contributed by atoms with Crippen LogP contribution in [0.1, 0.15) is 30.9 Å². The molecule has 3 heteroatoms. The summed E-state index contributed by atoms with van der Waals surface area (Å²) in [6.45, 7) is 2.77. The Bertz CT molecular complexity index is 302. The van der Waals surface area contributed by atoms with E-state index in [0.717, 1.165) is 16.3 Å². The number of halogens is 1. The summed E-state index contributed by atoms with van der Waals surface area (Å²) in [4.78, 5) is 0. The molecule has 15 heavy (non-hydrogen) atoms. The van der Waals surface area contributed by atoms with Crippen molar-refractivity contribution in [2.75, 3.05) is 5.75 Å². The van der Waals surface area contributed by atoms with E-state index in [2.05, 4.69) is 19.1 Å². The number of thioether (sulfide) groups is 1. The lowest BCUT2D eigenvalue weighted by Crippen LogP contribution is -1.96. The smallest absolute Gasteiger partial charge is 0.0449 e. The highest BCUT2D eigenvalue weighted by atomic mass is 35.5. The van der Waals surface area contributed by atoms with Crippen molar-refractivity contribution >= 4 is 23.4 Å². The molecule has 0 aliphatic heterocycles. The third-order valence-corrected chi connectivity index (χ3v) is 3.70. The Hall–Kier alpha value is -0.180. The number of hydrogen-bond donors (Lipinski definition) is 1. The minimum atomic E-state index is 0.559. The summed E-state index contributed by atoms with van der Waals surface area (Å²) in [5, 5.41) is 0.849. The van der Waals surface area contributed by atoms with Crippen molar-refractivity contribution in [1.29, 1.82) is 0 Å². The van der Waals surface area contributed by atoms with Gasteiger partial charge in [-0.05, 0) is 29.4 Å². The largest absolute Gasteiger partial charge is 0.326 e. The van der Waals surface area contributed by atoms with Gasteiger partial charge in [0.2, 0.25) is 0 Å². The van der Waals surface area contributed by atoms with Crippen LogP contribution in [0.25, 0.3) is 0 Å². The molecule has 1 rings (SSSR count). The Kier molecular flexibility index (Phi) is 6.15. The second-order valence-electron chi connectivity index (χ2n) is 3.54. The molecule has 0 saturated carbocycles. The molecule has 1 aromatic carbocycles. The highest BCUT2D eigenvalue weighted by Gasteiger charge is 2.01. The maximum Gasteiger partial charge on any atom is 0.0449 e. The van der Waals surface area contributed by atoms with Gasteiger partial charge in [-0.2, -0.15) is 11.8 Å². The zero-order chi connectivity index (χ0) is 11.1. The van der Waals surface area contributed by atoms with E-state index in [4.69, 9.17) is 17.3 Å². The molecule has 0 aliphatic carbocycles. The van der Waals surface area contributed by atoms with Gasteiger partial charge in [-0.1, -0.05) is 37.1 Å². The van der Waals surface area contributed by atoms with Crippen molar-refractivity contribution in [3.63, 3.8) is 0 Å². The molecule has 0 aliphatic rings. The molecular formula is C12H18ClNS. The number of hydrogen-bond acceptors (Lipinski definition) is 2. The van der Waals surface area contributed by atoms with Crippen LogP contribution in [-0.4, -0.2) is 5.75 Å². The van der Waals surface area contributed by atoms with E-state index in [1.807, 2.05) is 17.8 Å². The third kappa shape index (κ3) is 4.45. The molecular weight excluding hydrogens is 226 g/mol. The van der Waals surface area contributed by atoms with Gasteiger partial charge in [0.05, 0.1) is 0 Å². The summed E-state index contributed by atoms with van der Waals surface area (Å²) in [5.41, 5.74) is 7.86. The standard InChI is InChI=1S/C12H18ClNS/c1-2-3-6-15-9-11-5-4-10(8-14)7-12(11)13/h4-5,7H,2-3,6,8-9,14H2,1H3. The molecule has 0 bridgehead atoms. The van der Waals surface area contributed by atoms with E-state index in [-0.39, 0.29) is 0 Å². The molecule has 0 amide bonds. The molecule has 0 atom stereocenters. The quantitative estimate of drug-likeness (QED) is 0.769. The van der Waals surface area contributed by atoms with Crippen LogP contribution in [-0.2, 0) is 12.3 Å². The molecule has 0 radical (unpaired) electrons. The van der Waals surface area contributed by atoms with Crippen molar-refractivity contribution in [1.82, 2.24) is 0 Å². The fourth-order valence-electron chi connectivity index (χ4n) is 1.26. The van der Waals surface area contributed by atoms with E-state index in [0.29, 0.717) is 6.54 Å². The van der Waals surface area contributed by atoms with Crippen molar-refractivity contribution in [3.8, 4) is 0 Å². The average Bonchev–Trinajstić information content (AvgIpc) is 2.26. The monoisotopic (exact) mass is 243 g/mol. The minimum Gasteiger partial charge on any atom is -0.326 e. The van der Waals surface area contributed by atoms with E-state index < -0.39 is 0 Å². The lowest BCUT2D eigenvalue weighted by Gasteiger charge is -2.05. The molecule has 1 aromatic rings. The fourth-order valence-corrected chi connectivity index (χ4v) is 2.72. The highest BCUT2D eigenvalue weighted by Crippen LogP contribution is 2.23. The summed E-state index contributed by atoms with van der Waals surface area (Å²) in [7, 11) is 0. The van der Waals surface area contributed by atoms with Gasteiger partial charge in [0.25, 0.3) is 0 Å². The first-order chi connectivity index (χ1) is 7.27. The van der Waals surface area contributed by atoms with E-state index in [9.17, 15) is 0 Å². The van der Waals surface area contributed by atoms with Gasteiger partial charge in [-0.3, -0.25) is 0 Å². The predicted octanol–water partition coefficient (Wildman–Crippen LogP) is 3.83. The zero-order valence-electron chi connectivity index (χ0n) is 9.13. The SMILES string of the molecule is CCCCSCc1ccc(CN)cc1Cl. The van der Waals surface area contributed by atoms with Crippen LogP contribution >= 0.6 is 23.4 Å². The van der Waals surface area contributed by atoms with Crippen LogP contribution in [0.3, 0.4) is 0 Å². The van der Waals surface area contributed by atoms with Crippen molar-refractivity contribution in [3.05, 3.63) is 34.3 Å². The Balaban J connectivity index is 2.47. The topological polar surface area (TPSA) is 26.0 Å². The highest BCUT2D eigenvalue weighted by molar-refractivity contribution is 7.98. The summed E-state index contributed by atoms with van der Waals surface area (Å²) < 4.78 is 0. The molecule has 0 fully saturated rings. The number of rotatable bonds is 6. The van der Waals surface area contributed by atoms with Gasteiger partial charge < -0.3 is 5.73 Å². The lowest BCUT2D eigenvalue weighted by atomic mass is 10.1. The van der Waals surface area contributed by atoms with E-state index >= 15 is 0 Å². The third-order valence-electron chi connectivity index (χ3n) is 2.25. The van der Waals surface area contributed by atoms with Crippen LogP contribution in [0.15, 0.2) is 18.2 Å². The molecule has 84 valence electrons. The van der Waals surface area contributed by atoms with Crippen molar-refractivity contribution in [2.45, 2.75) is 32.1 Å². The normalized spacial score (nSPS) is 10.6. The van der Waals surface area contributed by atoms with E-state index in [1.54, 1.807) is 0 Å². The van der Waals surface area contributed by atoms with Crippen LogP contribution < -0.4 is 5.73 Å². The maximum absolute atomic E-state index is 6.15. The van der Waals surface area contributed by atoms with Gasteiger partial charge in [-0.15, -0.1) is 0 Å². The molecule has 0 aromatic heterocycles. The molecule has 1 nitrogen and oxygen atoms in total. The summed E-state index contributed by atoms with van der Waals surface area (Å²) in [6, 6.07) is 6.11. The Morgan fingerprint density at radius 2 is 2.20 bits per heavy atom. The Labute approximate surface area is 101 Å². The average molecular weight is 244 g/mol. The van der Waals surface area contributed by atoms with Crippen LogP contribution in [0, 0.1) is 0 Å². The first kappa shape index (κ1) is 12.9. The summed E-state index contributed by atoms with van der Waals surface area (Å²) >= 11 is 8.09. The summed E-state index contributed by atoms with van der Waals surface area (Å²) in [5.74, 6) is 2.22. The van der Waals surface area contributed by atoms with Crippen molar-refractivity contribution < 1.29 is 0 Å².